The van der Waals surface area contributed by atoms with Gasteiger partial charge in [-0.1, -0.05) is 31.6 Å². The van der Waals surface area contributed by atoms with Crippen LogP contribution in [0.2, 0.25) is 0 Å². The summed E-state index contributed by atoms with van der Waals surface area (Å²) in [4.78, 5) is 16.5. The molecule has 4 heteroatoms. The van der Waals surface area contributed by atoms with Gasteiger partial charge in [0, 0.05) is 31.6 Å². The summed E-state index contributed by atoms with van der Waals surface area (Å²) in [7, 11) is 1.76. The first kappa shape index (κ1) is 13.3. The van der Waals surface area contributed by atoms with Crippen molar-refractivity contribution in [3.8, 4) is 0 Å². The Bertz CT molecular complexity index is 717. The standard InChI is InChI=1S/C13H13N3O.C2H6/c1-9-4-3-5-11-10(8-9)12(17)15(2)13-14-6-7-16(11)13;1-2/h3-4,6-8H,5H2,1-2H3;1-2H3. The van der Waals surface area contributed by atoms with Gasteiger partial charge in [-0.25, -0.2) is 4.98 Å². The Balaban J connectivity index is 0.000000637. The number of allylic oxidation sites excluding steroid dienone is 3. The Labute approximate surface area is 112 Å². The molecule has 0 aromatic carbocycles. The first-order chi connectivity index (χ1) is 9.18. The Morgan fingerprint density at radius 3 is 2.79 bits per heavy atom. The summed E-state index contributed by atoms with van der Waals surface area (Å²) in [5.74, 6) is 0.690. The van der Waals surface area contributed by atoms with Crippen LogP contribution in [0.25, 0.3) is 11.9 Å². The number of fused-ring (bicyclic) bond motifs is 3. The first-order valence-corrected chi connectivity index (χ1v) is 6.58. The Hall–Kier alpha value is -2.10. The van der Waals surface area contributed by atoms with E-state index in [1.54, 1.807) is 17.8 Å². The second-order valence-corrected chi connectivity index (χ2v) is 4.32. The molecule has 2 aromatic rings. The summed E-state index contributed by atoms with van der Waals surface area (Å²) in [6, 6.07) is 0. The van der Waals surface area contributed by atoms with Crippen LogP contribution in [-0.4, -0.2) is 14.0 Å². The summed E-state index contributed by atoms with van der Waals surface area (Å²) in [6.45, 7) is 6.00. The van der Waals surface area contributed by atoms with Crippen molar-refractivity contribution < 1.29 is 0 Å². The maximum absolute atomic E-state index is 12.3. The number of aromatic nitrogens is 3. The van der Waals surface area contributed by atoms with Crippen LogP contribution in [0.4, 0.5) is 0 Å². The van der Waals surface area contributed by atoms with Crippen LogP contribution in [-0.2, 0) is 13.5 Å². The SMILES string of the molecule is CC.CC1=Cc2c(n3ccnc3n(C)c2=O)CC=C1. The van der Waals surface area contributed by atoms with Crippen LogP contribution in [0.1, 0.15) is 32.0 Å². The van der Waals surface area contributed by atoms with Gasteiger partial charge in [-0.2, -0.15) is 0 Å². The quantitative estimate of drug-likeness (QED) is 0.727. The zero-order valence-electron chi connectivity index (χ0n) is 11.8. The van der Waals surface area contributed by atoms with Crippen LogP contribution in [0.15, 0.2) is 34.9 Å². The van der Waals surface area contributed by atoms with Crippen molar-refractivity contribution in [1.82, 2.24) is 14.0 Å². The van der Waals surface area contributed by atoms with Crippen LogP contribution >= 0.6 is 0 Å². The predicted molar refractivity (Wildman–Crippen MR) is 78.3 cm³/mol. The third-order valence-corrected chi connectivity index (χ3v) is 3.12. The minimum Gasteiger partial charge on any atom is -0.288 e. The van der Waals surface area contributed by atoms with Gasteiger partial charge >= 0.3 is 0 Å². The Morgan fingerprint density at radius 2 is 2.05 bits per heavy atom. The number of imidazole rings is 1. The third kappa shape index (κ3) is 2.14. The van der Waals surface area contributed by atoms with Gasteiger partial charge in [0.2, 0.25) is 5.78 Å². The minimum absolute atomic E-state index is 0.0155. The molecular weight excluding hydrogens is 238 g/mol. The van der Waals surface area contributed by atoms with E-state index < -0.39 is 0 Å². The van der Waals surface area contributed by atoms with Gasteiger partial charge in [0.15, 0.2) is 0 Å². The monoisotopic (exact) mass is 257 g/mol. The van der Waals surface area contributed by atoms with E-state index in [0.29, 0.717) is 5.78 Å². The highest BCUT2D eigenvalue weighted by Gasteiger charge is 2.14. The first-order valence-electron chi connectivity index (χ1n) is 6.58. The zero-order valence-corrected chi connectivity index (χ0v) is 11.8. The molecular formula is C15H19N3O. The highest BCUT2D eigenvalue weighted by atomic mass is 16.1. The lowest BCUT2D eigenvalue weighted by Gasteiger charge is -2.09. The van der Waals surface area contributed by atoms with Gasteiger partial charge in [-0.15, -0.1) is 0 Å². The third-order valence-electron chi connectivity index (χ3n) is 3.12. The molecule has 2 aromatic heterocycles. The number of hydrogen-bond acceptors (Lipinski definition) is 2. The van der Waals surface area contributed by atoms with Crippen molar-refractivity contribution in [3.05, 3.63) is 51.7 Å². The summed E-state index contributed by atoms with van der Waals surface area (Å²) in [6.07, 6.45) is 10.4. The highest BCUT2D eigenvalue weighted by Crippen LogP contribution is 2.16. The van der Waals surface area contributed by atoms with E-state index in [-0.39, 0.29) is 5.56 Å². The lowest BCUT2D eigenvalue weighted by molar-refractivity contribution is 0.817. The average molecular weight is 257 g/mol. The van der Waals surface area contributed by atoms with Gasteiger partial charge in [-0.05, 0) is 13.0 Å². The minimum atomic E-state index is 0.0155. The van der Waals surface area contributed by atoms with E-state index in [0.717, 1.165) is 23.3 Å². The van der Waals surface area contributed by atoms with Gasteiger partial charge in [-0.3, -0.25) is 13.8 Å². The molecule has 1 aliphatic rings. The number of rotatable bonds is 0. The molecule has 0 N–H and O–H groups in total. The van der Waals surface area contributed by atoms with Crippen molar-refractivity contribution >= 4 is 11.9 Å². The molecule has 0 spiro atoms. The molecule has 19 heavy (non-hydrogen) atoms. The van der Waals surface area contributed by atoms with E-state index in [1.165, 1.54) is 0 Å². The second-order valence-electron chi connectivity index (χ2n) is 4.32. The van der Waals surface area contributed by atoms with Crippen LogP contribution < -0.4 is 5.56 Å². The van der Waals surface area contributed by atoms with E-state index in [2.05, 4.69) is 11.1 Å². The fraction of sp³-hybridized carbons (Fsp3) is 0.333. The molecule has 1 aliphatic carbocycles. The summed E-state index contributed by atoms with van der Waals surface area (Å²) < 4.78 is 3.57. The molecule has 100 valence electrons. The molecule has 2 heterocycles. The second kappa shape index (κ2) is 5.26. The predicted octanol–water partition coefficient (Wildman–Crippen LogP) is 2.57. The molecule has 4 nitrogen and oxygen atoms in total. The summed E-state index contributed by atoms with van der Waals surface area (Å²) in [5, 5.41) is 0. The van der Waals surface area contributed by atoms with Crippen LogP contribution in [0.3, 0.4) is 0 Å². The van der Waals surface area contributed by atoms with Gasteiger partial charge < -0.3 is 0 Å². The molecule has 0 atom stereocenters. The van der Waals surface area contributed by atoms with Crippen molar-refractivity contribution in [2.45, 2.75) is 27.2 Å². The van der Waals surface area contributed by atoms with Gasteiger partial charge in [0.25, 0.3) is 5.56 Å². The molecule has 0 saturated carbocycles. The molecule has 0 aliphatic heterocycles. The molecule has 0 amide bonds. The molecule has 0 bridgehead atoms. The lowest BCUT2D eigenvalue weighted by Crippen LogP contribution is -2.24. The van der Waals surface area contributed by atoms with E-state index in [1.807, 2.05) is 43.5 Å². The maximum Gasteiger partial charge on any atom is 0.262 e. The van der Waals surface area contributed by atoms with E-state index >= 15 is 0 Å². The Morgan fingerprint density at radius 1 is 1.32 bits per heavy atom. The molecule has 0 radical (unpaired) electrons. The fourth-order valence-corrected chi connectivity index (χ4v) is 2.26. The van der Waals surface area contributed by atoms with E-state index in [9.17, 15) is 4.79 Å². The van der Waals surface area contributed by atoms with Gasteiger partial charge in [0.05, 0.1) is 5.56 Å². The normalized spacial score (nSPS) is 13.4. The number of nitrogens with zero attached hydrogens (tertiary/aromatic N) is 3. The highest BCUT2D eigenvalue weighted by molar-refractivity contribution is 5.60. The zero-order chi connectivity index (χ0) is 14.0. The number of hydrogen-bond donors (Lipinski definition) is 0. The largest absolute Gasteiger partial charge is 0.288 e. The van der Waals surface area contributed by atoms with Crippen molar-refractivity contribution in [2.75, 3.05) is 0 Å². The summed E-state index contributed by atoms with van der Waals surface area (Å²) >= 11 is 0. The van der Waals surface area contributed by atoms with Crippen molar-refractivity contribution in [2.24, 2.45) is 7.05 Å². The number of aryl methyl sites for hydroxylation is 1. The molecule has 0 fully saturated rings. The topological polar surface area (TPSA) is 39.3 Å². The fourth-order valence-electron chi connectivity index (χ4n) is 2.26. The van der Waals surface area contributed by atoms with Crippen LogP contribution in [0, 0.1) is 0 Å². The van der Waals surface area contributed by atoms with Crippen molar-refractivity contribution in [3.63, 3.8) is 0 Å². The lowest BCUT2D eigenvalue weighted by atomic mass is 10.1. The van der Waals surface area contributed by atoms with Crippen molar-refractivity contribution in [1.29, 1.82) is 0 Å². The molecule has 3 rings (SSSR count). The van der Waals surface area contributed by atoms with Gasteiger partial charge in [0.1, 0.15) is 0 Å². The smallest absolute Gasteiger partial charge is 0.262 e. The van der Waals surface area contributed by atoms with Crippen LogP contribution in [0.5, 0.6) is 0 Å². The maximum atomic E-state index is 12.3. The van der Waals surface area contributed by atoms with E-state index in [4.69, 9.17) is 0 Å². The molecule has 0 unspecified atom stereocenters. The Kier molecular flexibility index (Phi) is 3.69. The summed E-state index contributed by atoms with van der Waals surface area (Å²) in [5.41, 5.74) is 2.89. The molecule has 0 saturated heterocycles. The average Bonchev–Trinajstić information content (AvgIpc) is 2.82.